The van der Waals surface area contributed by atoms with Crippen molar-refractivity contribution < 1.29 is 19.3 Å². The number of aromatic nitrogens is 4. The van der Waals surface area contributed by atoms with E-state index in [2.05, 4.69) is 15.0 Å². The van der Waals surface area contributed by atoms with Gasteiger partial charge in [0.1, 0.15) is 35.5 Å². The van der Waals surface area contributed by atoms with Crippen LogP contribution in [0.4, 0.5) is 5.82 Å². The van der Waals surface area contributed by atoms with E-state index in [-0.39, 0.29) is 6.61 Å². The summed E-state index contributed by atoms with van der Waals surface area (Å²) in [5.74, 6) is 1.05. The lowest BCUT2D eigenvalue weighted by Crippen LogP contribution is -2.38. The number of ether oxygens (including phenoxy) is 3. The van der Waals surface area contributed by atoms with E-state index < -0.39 is 24.0 Å². The van der Waals surface area contributed by atoms with Crippen LogP contribution in [0.5, 0.6) is 5.75 Å². The van der Waals surface area contributed by atoms with Crippen LogP contribution in [0.3, 0.4) is 0 Å². The molecule has 0 unspecified atom stereocenters. The Hall–Kier alpha value is -4.31. The maximum Gasteiger partial charge on any atom is 0.167 e. The van der Waals surface area contributed by atoms with Crippen molar-refractivity contribution in [1.29, 1.82) is 0 Å². The Kier molecular flexibility index (Phi) is 6.70. The summed E-state index contributed by atoms with van der Waals surface area (Å²) in [5, 5.41) is 11.0. The average Bonchev–Trinajstić information content (AvgIpc) is 3.59. The van der Waals surface area contributed by atoms with Gasteiger partial charge >= 0.3 is 0 Å². The number of imidazole rings is 1. The minimum Gasteiger partial charge on any atom is -0.497 e. The molecule has 3 atom stereocenters. The molecule has 1 fully saturated rings. The lowest BCUT2D eigenvalue weighted by molar-refractivity contribution is -0.0930. The standard InChI is InChI=1S/C30H29N5O4/c1-37-23-14-12-22(13-15-23)30(20-8-4-2-5-9-20,21-10-6-3-7-11-21)38-17-25-24(36)16-26(39-25)35-19-34-27-28(31)32-18-33-29(27)35/h2-15,18-19,24-26,36H,16-17H2,1H3,(H2,31,32,33)/t24-,25-,26-/m1/s1. The molecule has 0 radical (unpaired) electrons. The Bertz CT molecular complexity index is 1500. The number of nitrogens with two attached hydrogens (primary N) is 1. The molecule has 1 aliphatic rings. The van der Waals surface area contributed by atoms with Crippen LogP contribution in [0.1, 0.15) is 29.3 Å². The highest BCUT2D eigenvalue weighted by atomic mass is 16.6. The van der Waals surface area contributed by atoms with Crippen LogP contribution in [0.25, 0.3) is 11.2 Å². The van der Waals surface area contributed by atoms with E-state index in [1.54, 1.807) is 18.0 Å². The van der Waals surface area contributed by atoms with E-state index >= 15 is 0 Å². The molecule has 9 heteroatoms. The molecule has 0 aliphatic carbocycles. The zero-order chi connectivity index (χ0) is 26.8. The van der Waals surface area contributed by atoms with Crippen LogP contribution in [0.2, 0.25) is 0 Å². The summed E-state index contributed by atoms with van der Waals surface area (Å²) >= 11 is 0. The predicted molar refractivity (Wildman–Crippen MR) is 146 cm³/mol. The Morgan fingerprint density at radius 2 is 1.56 bits per heavy atom. The first-order valence-electron chi connectivity index (χ1n) is 12.8. The van der Waals surface area contributed by atoms with Gasteiger partial charge in [-0.1, -0.05) is 72.8 Å². The predicted octanol–water partition coefficient (Wildman–Crippen LogP) is 4.07. The van der Waals surface area contributed by atoms with Crippen molar-refractivity contribution in [2.75, 3.05) is 19.5 Å². The van der Waals surface area contributed by atoms with Crippen molar-refractivity contribution in [2.24, 2.45) is 0 Å². The smallest absolute Gasteiger partial charge is 0.167 e. The number of benzene rings is 3. The summed E-state index contributed by atoms with van der Waals surface area (Å²) in [7, 11) is 1.65. The quantitative estimate of drug-likeness (QED) is 0.292. The highest BCUT2D eigenvalue weighted by molar-refractivity contribution is 5.81. The SMILES string of the molecule is COc1ccc(C(OC[C@H]2O[C@@H](n3cnc4c(N)ncnc43)C[C@H]2O)(c2ccccc2)c2ccccc2)cc1. The third-order valence-electron chi connectivity index (χ3n) is 7.22. The first-order valence-corrected chi connectivity index (χ1v) is 12.8. The van der Waals surface area contributed by atoms with Gasteiger partial charge in [-0.3, -0.25) is 4.57 Å². The molecule has 5 aromatic rings. The molecule has 2 aromatic heterocycles. The second-order valence-corrected chi connectivity index (χ2v) is 9.47. The molecule has 0 spiro atoms. The first-order chi connectivity index (χ1) is 19.1. The topological polar surface area (TPSA) is 118 Å². The average molecular weight is 524 g/mol. The molecule has 39 heavy (non-hydrogen) atoms. The number of aliphatic hydroxyl groups is 1. The van der Waals surface area contributed by atoms with E-state index in [1.165, 1.54) is 6.33 Å². The van der Waals surface area contributed by atoms with E-state index in [4.69, 9.17) is 19.9 Å². The number of nitrogens with zero attached hydrogens (tertiary/aromatic N) is 4. The summed E-state index contributed by atoms with van der Waals surface area (Å²) in [5.41, 5.74) is 8.90. The van der Waals surface area contributed by atoms with Gasteiger partial charge in [-0.05, 0) is 28.8 Å². The monoisotopic (exact) mass is 523 g/mol. The van der Waals surface area contributed by atoms with Crippen molar-refractivity contribution in [2.45, 2.75) is 30.5 Å². The normalized spacial score (nSPS) is 19.4. The molecule has 198 valence electrons. The second kappa shape index (κ2) is 10.5. The lowest BCUT2D eigenvalue weighted by atomic mass is 9.80. The molecule has 3 heterocycles. The molecule has 1 aliphatic heterocycles. The largest absolute Gasteiger partial charge is 0.497 e. The number of methoxy groups -OCH3 is 1. The summed E-state index contributed by atoms with van der Waals surface area (Å²) in [6, 6.07) is 28.0. The molecule has 0 saturated carbocycles. The molecule has 1 saturated heterocycles. The summed E-state index contributed by atoms with van der Waals surface area (Å²) in [4.78, 5) is 12.7. The number of rotatable bonds is 8. The van der Waals surface area contributed by atoms with E-state index in [1.807, 2.05) is 84.9 Å². The Balaban J connectivity index is 1.35. The van der Waals surface area contributed by atoms with Crippen LogP contribution < -0.4 is 10.5 Å². The molecule has 0 amide bonds. The molecule has 3 N–H and O–H groups in total. The van der Waals surface area contributed by atoms with Gasteiger partial charge in [0.25, 0.3) is 0 Å². The zero-order valence-electron chi connectivity index (χ0n) is 21.4. The first kappa shape index (κ1) is 25.0. The summed E-state index contributed by atoms with van der Waals surface area (Å²) in [6.45, 7) is 0.136. The van der Waals surface area contributed by atoms with Crippen LogP contribution in [0, 0.1) is 0 Å². The summed E-state index contributed by atoms with van der Waals surface area (Å²) in [6.07, 6.45) is 1.55. The van der Waals surface area contributed by atoms with Gasteiger partial charge in [-0.2, -0.15) is 0 Å². The number of nitrogen functional groups attached to an aromatic ring is 1. The highest BCUT2D eigenvalue weighted by Crippen LogP contribution is 2.42. The molecule has 6 rings (SSSR count). The Labute approximate surface area is 225 Å². The maximum absolute atomic E-state index is 11.0. The van der Waals surface area contributed by atoms with E-state index in [9.17, 15) is 5.11 Å². The van der Waals surface area contributed by atoms with E-state index in [0.717, 1.165) is 22.4 Å². The van der Waals surface area contributed by atoms with Crippen LogP contribution in [-0.4, -0.2) is 50.6 Å². The van der Waals surface area contributed by atoms with Gasteiger partial charge in [0.2, 0.25) is 0 Å². The Morgan fingerprint density at radius 1 is 0.923 bits per heavy atom. The number of hydrogen-bond donors (Lipinski definition) is 2. The fraction of sp³-hybridized carbons (Fsp3) is 0.233. The van der Waals surface area contributed by atoms with Crippen LogP contribution in [-0.2, 0) is 15.1 Å². The fourth-order valence-electron chi connectivity index (χ4n) is 5.25. The van der Waals surface area contributed by atoms with E-state index in [0.29, 0.717) is 23.4 Å². The van der Waals surface area contributed by atoms with Crippen molar-refractivity contribution >= 4 is 17.0 Å². The van der Waals surface area contributed by atoms with Gasteiger partial charge < -0.3 is 25.1 Å². The molecule has 9 nitrogen and oxygen atoms in total. The minimum absolute atomic E-state index is 0.136. The molecular weight excluding hydrogens is 494 g/mol. The maximum atomic E-state index is 11.0. The van der Waals surface area contributed by atoms with Gasteiger partial charge in [-0.25, -0.2) is 15.0 Å². The third-order valence-corrected chi connectivity index (χ3v) is 7.22. The minimum atomic E-state index is -0.959. The Morgan fingerprint density at radius 3 is 2.21 bits per heavy atom. The zero-order valence-corrected chi connectivity index (χ0v) is 21.4. The lowest BCUT2D eigenvalue weighted by Gasteiger charge is -2.37. The van der Waals surface area contributed by atoms with Gasteiger partial charge in [-0.15, -0.1) is 0 Å². The second-order valence-electron chi connectivity index (χ2n) is 9.47. The number of anilines is 1. The molecular formula is C30H29N5O4. The fourth-order valence-corrected chi connectivity index (χ4v) is 5.25. The van der Waals surface area contributed by atoms with Crippen molar-refractivity contribution in [3.63, 3.8) is 0 Å². The highest BCUT2D eigenvalue weighted by Gasteiger charge is 2.42. The van der Waals surface area contributed by atoms with Crippen LogP contribution in [0.15, 0.2) is 97.6 Å². The molecule has 3 aromatic carbocycles. The molecule has 0 bridgehead atoms. The van der Waals surface area contributed by atoms with Crippen molar-refractivity contribution in [3.05, 3.63) is 114 Å². The van der Waals surface area contributed by atoms with Crippen molar-refractivity contribution in [1.82, 2.24) is 19.5 Å². The van der Waals surface area contributed by atoms with Gasteiger partial charge in [0.15, 0.2) is 11.5 Å². The number of aliphatic hydroxyl groups excluding tert-OH is 1. The van der Waals surface area contributed by atoms with Crippen molar-refractivity contribution in [3.8, 4) is 5.75 Å². The summed E-state index contributed by atoms with van der Waals surface area (Å²) < 4.78 is 20.4. The number of fused-ring (bicyclic) bond motifs is 1. The van der Waals surface area contributed by atoms with Gasteiger partial charge in [0, 0.05) is 6.42 Å². The third kappa shape index (κ3) is 4.50. The van der Waals surface area contributed by atoms with Crippen LogP contribution >= 0.6 is 0 Å². The van der Waals surface area contributed by atoms with Gasteiger partial charge in [0.05, 0.1) is 26.1 Å². The number of hydrogen-bond acceptors (Lipinski definition) is 8.